The Morgan fingerprint density at radius 1 is 0.967 bits per heavy atom. The molecule has 0 spiro atoms. The van der Waals surface area contributed by atoms with E-state index in [1.54, 1.807) is 6.33 Å². The van der Waals surface area contributed by atoms with E-state index < -0.39 is 0 Å². The molecule has 0 radical (unpaired) electrons. The number of hydrogen-bond acceptors (Lipinski definition) is 5. The molecule has 2 heterocycles. The molecule has 3 aromatic carbocycles. The molecule has 0 aliphatic rings. The molecule has 1 N–H and O–H groups in total. The van der Waals surface area contributed by atoms with Gasteiger partial charge in [0.1, 0.15) is 6.33 Å². The average molecular weight is 393 g/mol. The van der Waals surface area contributed by atoms with Crippen LogP contribution in [0.5, 0.6) is 0 Å². The van der Waals surface area contributed by atoms with E-state index in [0.717, 1.165) is 23.1 Å². The molecule has 0 bridgehead atoms. The zero-order valence-corrected chi connectivity index (χ0v) is 16.4. The molecule has 2 aromatic heterocycles. The molecule has 5 aromatic rings. The third kappa shape index (κ3) is 3.18. The largest absolute Gasteiger partial charge is 0.337 e. The highest BCUT2D eigenvalue weighted by Crippen LogP contribution is 2.25. The monoisotopic (exact) mass is 393 g/mol. The van der Waals surface area contributed by atoms with Crippen LogP contribution in [-0.4, -0.2) is 25.4 Å². The van der Waals surface area contributed by atoms with Gasteiger partial charge in [-0.15, -0.1) is 10.2 Å². The number of nitrogens with zero attached hydrogens (tertiary/aromatic N) is 4. The maximum absolute atomic E-state index is 12.9. The third-order valence-electron chi connectivity index (χ3n) is 5.12. The average Bonchev–Trinajstić information content (AvgIpc) is 3.30. The molecule has 6 heteroatoms. The normalized spacial score (nSPS) is 11.1. The predicted octanol–water partition coefficient (Wildman–Crippen LogP) is 4.81. The molecular formula is C24H19N5O. The topological polar surface area (TPSA) is 72.2 Å². The number of nitrogens with one attached hydrogen (secondary N) is 1. The lowest BCUT2D eigenvalue weighted by Gasteiger charge is -2.11. The van der Waals surface area contributed by atoms with Gasteiger partial charge in [-0.2, -0.15) is 0 Å². The van der Waals surface area contributed by atoms with E-state index in [1.807, 2.05) is 65.1 Å². The molecule has 0 fully saturated rings. The second-order valence-corrected chi connectivity index (χ2v) is 7.06. The molecule has 6 nitrogen and oxygen atoms in total. The Kier molecular flexibility index (Phi) is 4.44. The van der Waals surface area contributed by atoms with Crippen LogP contribution in [0.25, 0.3) is 16.7 Å². The number of carbonyl (C=O) groups excluding carboxylic acids is 1. The molecule has 0 unspecified atom stereocenters. The number of ketones is 1. The summed E-state index contributed by atoms with van der Waals surface area (Å²) in [5, 5.41) is 11.7. The lowest BCUT2D eigenvalue weighted by Crippen LogP contribution is -2.04. The summed E-state index contributed by atoms with van der Waals surface area (Å²) in [7, 11) is 0. The maximum Gasteiger partial charge on any atom is 0.204 e. The maximum atomic E-state index is 12.9. The van der Waals surface area contributed by atoms with Gasteiger partial charge in [0.2, 0.25) is 5.65 Å². The first-order valence-corrected chi connectivity index (χ1v) is 9.82. The van der Waals surface area contributed by atoms with Crippen LogP contribution in [0.15, 0.2) is 79.1 Å². The summed E-state index contributed by atoms with van der Waals surface area (Å²) in [6.07, 6.45) is 2.60. The van der Waals surface area contributed by atoms with E-state index in [1.165, 1.54) is 5.56 Å². The van der Waals surface area contributed by atoms with Crippen LogP contribution in [0.1, 0.15) is 28.4 Å². The van der Waals surface area contributed by atoms with Crippen LogP contribution >= 0.6 is 0 Å². The molecule has 0 aliphatic carbocycles. The van der Waals surface area contributed by atoms with Crippen molar-refractivity contribution in [3.63, 3.8) is 0 Å². The molecule has 5 rings (SSSR count). The Balaban J connectivity index is 1.60. The summed E-state index contributed by atoms with van der Waals surface area (Å²) in [6.45, 7) is 2.12. The third-order valence-corrected chi connectivity index (χ3v) is 5.12. The van der Waals surface area contributed by atoms with Crippen molar-refractivity contribution in [1.82, 2.24) is 19.6 Å². The number of anilines is 2. The number of benzene rings is 3. The minimum absolute atomic E-state index is 0.0303. The predicted molar refractivity (Wildman–Crippen MR) is 117 cm³/mol. The fourth-order valence-corrected chi connectivity index (χ4v) is 3.54. The molecule has 0 aliphatic heterocycles. The van der Waals surface area contributed by atoms with Crippen LogP contribution in [0.2, 0.25) is 0 Å². The van der Waals surface area contributed by atoms with Crippen molar-refractivity contribution in [2.45, 2.75) is 13.3 Å². The lowest BCUT2D eigenvalue weighted by atomic mass is 10.0. The van der Waals surface area contributed by atoms with Gasteiger partial charge in [0.15, 0.2) is 11.6 Å². The minimum Gasteiger partial charge on any atom is -0.337 e. The fourth-order valence-electron chi connectivity index (χ4n) is 3.54. The smallest absolute Gasteiger partial charge is 0.204 e. The zero-order valence-electron chi connectivity index (χ0n) is 16.4. The molecular weight excluding hydrogens is 374 g/mol. The van der Waals surface area contributed by atoms with Crippen molar-refractivity contribution in [2.75, 3.05) is 5.32 Å². The standard InChI is InChI=1S/C24H19N5O/c1-2-16-7-6-10-19(13-16)26-23-24-28-25-15-29(24)21-14-18(11-12-20(21)27-23)22(30)17-8-4-3-5-9-17/h3-15H,2H2,1H3,(H,26,27). The van der Waals surface area contributed by atoms with Gasteiger partial charge >= 0.3 is 0 Å². The second-order valence-electron chi connectivity index (χ2n) is 7.06. The molecule has 0 saturated carbocycles. The number of aryl methyl sites for hydroxylation is 1. The Morgan fingerprint density at radius 2 is 1.83 bits per heavy atom. The summed E-state index contributed by atoms with van der Waals surface area (Å²) in [6, 6.07) is 23.0. The van der Waals surface area contributed by atoms with E-state index in [-0.39, 0.29) is 5.78 Å². The van der Waals surface area contributed by atoms with Gasteiger partial charge in [0.25, 0.3) is 0 Å². The quantitative estimate of drug-likeness (QED) is 0.434. The highest BCUT2D eigenvalue weighted by molar-refractivity contribution is 6.10. The van der Waals surface area contributed by atoms with E-state index >= 15 is 0 Å². The highest BCUT2D eigenvalue weighted by atomic mass is 16.1. The van der Waals surface area contributed by atoms with Gasteiger partial charge in [-0.25, -0.2) is 4.98 Å². The van der Waals surface area contributed by atoms with Gasteiger partial charge < -0.3 is 5.32 Å². The van der Waals surface area contributed by atoms with Crippen LogP contribution < -0.4 is 5.32 Å². The number of rotatable bonds is 5. The fraction of sp³-hybridized carbons (Fsp3) is 0.0833. The number of aromatic nitrogens is 4. The van der Waals surface area contributed by atoms with Gasteiger partial charge in [-0.05, 0) is 42.3 Å². The van der Waals surface area contributed by atoms with Crippen molar-refractivity contribution < 1.29 is 4.79 Å². The number of hydrogen-bond donors (Lipinski definition) is 1. The summed E-state index contributed by atoms with van der Waals surface area (Å²) in [4.78, 5) is 17.6. The zero-order chi connectivity index (χ0) is 20.5. The van der Waals surface area contributed by atoms with Gasteiger partial charge in [0.05, 0.1) is 11.0 Å². The van der Waals surface area contributed by atoms with Gasteiger partial charge in [-0.1, -0.05) is 49.4 Å². The molecule has 0 amide bonds. The van der Waals surface area contributed by atoms with Crippen molar-refractivity contribution in [1.29, 1.82) is 0 Å². The van der Waals surface area contributed by atoms with E-state index in [9.17, 15) is 4.79 Å². The number of fused-ring (bicyclic) bond motifs is 3. The Labute approximate surface area is 173 Å². The van der Waals surface area contributed by atoms with Gasteiger partial charge in [-0.3, -0.25) is 9.20 Å². The minimum atomic E-state index is -0.0303. The van der Waals surface area contributed by atoms with Crippen LogP contribution in [0.3, 0.4) is 0 Å². The van der Waals surface area contributed by atoms with E-state index in [0.29, 0.717) is 22.6 Å². The van der Waals surface area contributed by atoms with Crippen molar-refractivity contribution in [2.24, 2.45) is 0 Å². The van der Waals surface area contributed by atoms with Crippen LogP contribution in [0.4, 0.5) is 11.5 Å². The Hall–Kier alpha value is -4.06. The summed E-state index contributed by atoms with van der Waals surface area (Å²) >= 11 is 0. The second kappa shape index (κ2) is 7.40. The molecule has 0 saturated heterocycles. The van der Waals surface area contributed by atoms with Crippen molar-refractivity contribution in [3.05, 3.63) is 95.8 Å². The van der Waals surface area contributed by atoms with E-state index in [4.69, 9.17) is 4.98 Å². The molecule has 30 heavy (non-hydrogen) atoms. The first-order chi connectivity index (χ1) is 14.7. The van der Waals surface area contributed by atoms with Crippen LogP contribution in [0, 0.1) is 0 Å². The number of carbonyl (C=O) groups is 1. The van der Waals surface area contributed by atoms with Crippen LogP contribution in [-0.2, 0) is 6.42 Å². The first kappa shape index (κ1) is 18.0. The molecule has 146 valence electrons. The lowest BCUT2D eigenvalue weighted by molar-refractivity contribution is 0.103. The van der Waals surface area contributed by atoms with Crippen molar-refractivity contribution in [3.8, 4) is 0 Å². The Bertz CT molecular complexity index is 1370. The summed E-state index contributed by atoms with van der Waals surface area (Å²) in [5.74, 6) is 0.590. The van der Waals surface area contributed by atoms with Crippen molar-refractivity contribution >= 4 is 34.0 Å². The summed E-state index contributed by atoms with van der Waals surface area (Å²) < 4.78 is 1.86. The SMILES string of the molecule is CCc1cccc(Nc2nc3ccc(C(=O)c4ccccc4)cc3n3cnnc23)c1. The van der Waals surface area contributed by atoms with Gasteiger partial charge in [0, 0.05) is 16.8 Å². The Morgan fingerprint density at radius 3 is 2.67 bits per heavy atom. The van der Waals surface area contributed by atoms with E-state index in [2.05, 4.69) is 34.6 Å². The summed E-state index contributed by atoms with van der Waals surface area (Å²) in [5.41, 5.74) is 5.57. The highest BCUT2D eigenvalue weighted by Gasteiger charge is 2.14. The first-order valence-electron chi connectivity index (χ1n) is 9.82. The molecule has 0 atom stereocenters.